The van der Waals surface area contributed by atoms with Crippen LogP contribution in [0.25, 0.3) is 0 Å². The van der Waals surface area contributed by atoms with Gasteiger partial charge in [0.15, 0.2) is 5.76 Å². The zero-order valence-electron chi connectivity index (χ0n) is 14.8. The van der Waals surface area contributed by atoms with Crippen LogP contribution in [0.3, 0.4) is 0 Å². The predicted molar refractivity (Wildman–Crippen MR) is 97.3 cm³/mol. The number of rotatable bonds is 6. The number of piperazine rings is 1. The second-order valence-corrected chi connectivity index (χ2v) is 6.06. The molecule has 0 spiro atoms. The van der Waals surface area contributed by atoms with Crippen LogP contribution in [0, 0.1) is 0 Å². The van der Waals surface area contributed by atoms with E-state index in [1.165, 1.54) is 6.26 Å². The van der Waals surface area contributed by atoms with Gasteiger partial charge < -0.3 is 24.3 Å². The normalized spacial score (nSPS) is 14.2. The Morgan fingerprint density at radius 2 is 1.77 bits per heavy atom. The topological polar surface area (TPSA) is 75.0 Å². The van der Waals surface area contributed by atoms with E-state index >= 15 is 0 Å². The number of nitrogens with one attached hydrogen (secondary N) is 1. The minimum Gasteiger partial charge on any atom is -0.497 e. The van der Waals surface area contributed by atoms with Crippen molar-refractivity contribution < 1.29 is 18.7 Å². The van der Waals surface area contributed by atoms with Crippen molar-refractivity contribution in [1.29, 1.82) is 0 Å². The van der Waals surface area contributed by atoms with Gasteiger partial charge in [-0.3, -0.25) is 9.59 Å². The Labute approximate surface area is 152 Å². The molecule has 1 saturated heterocycles. The van der Waals surface area contributed by atoms with Crippen molar-refractivity contribution in [3.8, 4) is 5.75 Å². The SMILES string of the molecule is COc1ccc(NCCC(=O)N2CCN(C(=O)c3ccco3)CC2)cc1. The summed E-state index contributed by atoms with van der Waals surface area (Å²) < 4.78 is 10.3. The number of hydrogen-bond donors (Lipinski definition) is 1. The lowest BCUT2D eigenvalue weighted by molar-refractivity contribution is -0.132. The van der Waals surface area contributed by atoms with Crippen LogP contribution in [0.15, 0.2) is 47.1 Å². The second kappa shape index (κ2) is 8.42. The van der Waals surface area contributed by atoms with Gasteiger partial charge in [0.2, 0.25) is 5.91 Å². The lowest BCUT2D eigenvalue weighted by Crippen LogP contribution is -2.50. The minimum atomic E-state index is -0.122. The number of benzene rings is 1. The number of ether oxygens (including phenoxy) is 1. The van der Waals surface area contributed by atoms with Crippen LogP contribution in [-0.2, 0) is 4.79 Å². The van der Waals surface area contributed by atoms with Gasteiger partial charge in [-0.15, -0.1) is 0 Å². The molecule has 0 atom stereocenters. The Bertz CT molecular complexity index is 720. The molecule has 138 valence electrons. The van der Waals surface area contributed by atoms with E-state index in [2.05, 4.69) is 5.32 Å². The lowest BCUT2D eigenvalue weighted by Gasteiger charge is -2.34. The summed E-state index contributed by atoms with van der Waals surface area (Å²) in [5, 5.41) is 3.23. The Morgan fingerprint density at radius 3 is 2.38 bits per heavy atom. The summed E-state index contributed by atoms with van der Waals surface area (Å²) in [5.74, 6) is 1.11. The molecular weight excluding hydrogens is 334 g/mol. The fourth-order valence-electron chi connectivity index (χ4n) is 2.90. The molecule has 1 N–H and O–H groups in total. The summed E-state index contributed by atoms with van der Waals surface area (Å²) in [6.45, 7) is 2.71. The highest BCUT2D eigenvalue weighted by molar-refractivity contribution is 5.91. The van der Waals surface area contributed by atoms with E-state index in [0.29, 0.717) is 44.9 Å². The molecule has 2 amide bonds. The van der Waals surface area contributed by atoms with Gasteiger partial charge in [-0.2, -0.15) is 0 Å². The number of methoxy groups -OCH3 is 1. The molecule has 1 fully saturated rings. The van der Waals surface area contributed by atoms with Gasteiger partial charge in [0.1, 0.15) is 5.75 Å². The van der Waals surface area contributed by atoms with Crippen molar-refractivity contribution in [2.45, 2.75) is 6.42 Å². The van der Waals surface area contributed by atoms with Crippen molar-refractivity contribution in [2.24, 2.45) is 0 Å². The van der Waals surface area contributed by atoms with E-state index in [4.69, 9.17) is 9.15 Å². The first kappa shape index (κ1) is 17.8. The van der Waals surface area contributed by atoms with Crippen molar-refractivity contribution >= 4 is 17.5 Å². The Hall–Kier alpha value is -2.96. The van der Waals surface area contributed by atoms with Crippen LogP contribution >= 0.6 is 0 Å². The summed E-state index contributed by atoms with van der Waals surface area (Å²) in [6, 6.07) is 10.9. The molecule has 7 heteroatoms. The highest BCUT2D eigenvalue weighted by Crippen LogP contribution is 2.15. The zero-order valence-corrected chi connectivity index (χ0v) is 14.8. The highest BCUT2D eigenvalue weighted by Gasteiger charge is 2.25. The van der Waals surface area contributed by atoms with Crippen LogP contribution in [0.1, 0.15) is 17.0 Å². The van der Waals surface area contributed by atoms with E-state index < -0.39 is 0 Å². The second-order valence-electron chi connectivity index (χ2n) is 6.06. The third-order valence-corrected chi connectivity index (χ3v) is 4.41. The molecule has 0 aliphatic carbocycles. The van der Waals surface area contributed by atoms with Gasteiger partial charge in [0, 0.05) is 44.8 Å². The fourth-order valence-corrected chi connectivity index (χ4v) is 2.90. The molecule has 1 aromatic carbocycles. The van der Waals surface area contributed by atoms with Crippen LogP contribution in [-0.4, -0.2) is 61.4 Å². The Kier molecular flexibility index (Phi) is 5.78. The number of carbonyl (C=O) groups excluding carboxylic acids is 2. The van der Waals surface area contributed by atoms with Gasteiger partial charge in [0.05, 0.1) is 13.4 Å². The first-order valence-corrected chi connectivity index (χ1v) is 8.66. The third-order valence-electron chi connectivity index (χ3n) is 4.41. The molecule has 0 radical (unpaired) electrons. The summed E-state index contributed by atoms with van der Waals surface area (Å²) in [4.78, 5) is 28.1. The zero-order chi connectivity index (χ0) is 18.4. The maximum atomic E-state index is 12.3. The van der Waals surface area contributed by atoms with Crippen molar-refractivity contribution in [3.63, 3.8) is 0 Å². The predicted octanol–water partition coefficient (Wildman–Crippen LogP) is 2.07. The molecule has 1 aromatic heterocycles. The van der Waals surface area contributed by atoms with Gasteiger partial charge in [-0.25, -0.2) is 0 Å². The average Bonchev–Trinajstić information content (AvgIpc) is 3.23. The molecule has 2 heterocycles. The van der Waals surface area contributed by atoms with Crippen molar-refractivity contribution in [1.82, 2.24) is 9.80 Å². The molecular formula is C19H23N3O4. The quantitative estimate of drug-likeness (QED) is 0.857. The van der Waals surface area contributed by atoms with Gasteiger partial charge in [0.25, 0.3) is 5.91 Å². The molecule has 0 unspecified atom stereocenters. The molecule has 2 aromatic rings. The summed E-state index contributed by atoms with van der Waals surface area (Å²) in [6.07, 6.45) is 1.90. The summed E-state index contributed by atoms with van der Waals surface area (Å²) >= 11 is 0. The summed E-state index contributed by atoms with van der Waals surface area (Å²) in [5.41, 5.74) is 0.951. The molecule has 1 aliphatic rings. The van der Waals surface area contributed by atoms with Crippen molar-refractivity contribution in [2.75, 3.05) is 45.2 Å². The number of carbonyl (C=O) groups is 2. The first-order chi connectivity index (χ1) is 12.7. The molecule has 0 saturated carbocycles. The Balaban J connectivity index is 1.40. The van der Waals surface area contributed by atoms with E-state index in [0.717, 1.165) is 11.4 Å². The average molecular weight is 357 g/mol. The van der Waals surface area contributed by atoms with Crippen LogP contribution in [0.4, 0.5) is 5.69 Å². The van der Waals surface area contributed by atoms with Crippen LogP contribution in [0.2, 0.25) is 0 Å². The van der Waals surface area contributed by atoms with E-state index in [1.807, 2.05) is 29.2 Å². The van der Waals surface area contributed by atoms with Gasteiger partial charge >= 0.3 is 0 Å². The van der Waals surface area contributed by atoms with E-state index in [-0.39, 0.29) is 11.8 Å². The van der Waals surface area contributed by atoms with Crippen LogP contribution < -0.4 is 10.1 Å². The highest BCUT2D eigenvalue weighted by atomic mass is 16.5. The monoisotopic (exact) mass is 357 g/mol. The number of nitrogens with zero attached hydrogens (tertiary/aromatic N) is 2. The fraction of sp³-hybridized carbons (Fsp3) is 0.368. The lowest BCUT2D eigenvalue weighted by atomic mass is 10.2. The largest absolute Gasteiger partial charge is 0.497 e. The van der Waals surface area contributed by atoms with Crippen molar-refractivity contribution in [3.05, 3.63) is 48.4 Å². The Morgan fingerprint density at radius 1 is 1.08 bits per heavy atom. The van der Waals surface area contributed by atoms with Crippen LogP contribution in [0.5, 0.6) is 5.75 Å². The summed E-state index contributed by atoms with van der Waals surface area (Å²) in [7, 11) is 1.63. The number of amides is 2. The van der Waals surface area contributed by atoms with E-state index in [1.54, 1.807) is 24.1 Å². The van der Waals surface area contributed by atoms with Gasteiger partial charge in [-0.05, 0) is 36.4 Å². The first-order valence-electron chi connectivity index (χ1n) is 8.66. The molecule has 3 rings (SSSR count). The van der Waals surface area contributed by atoms with E-state index in [9.17, 15) is 9.59 Å². The molecule has 7 nitrogen and oxygen atoms in total. The number of hydrogen-bond acceptors (Lipinski definition) is 5. The molecule has 26 heavy (non-hydrogen) atoms. The third kappa shape index (κ3) is 4.36. The smallest absolute Gasteiger partial charge is 0.289 e. The number of furan rings is 1. The molecule has 1 aliphatic heterocycles. The van der Waals surface area contributed by atoms with Gasteiger partial charge in [-0.1, -0.05) is 0 Å². The number of anilines is 1. The minimum absolute atomic E-state index is 0.0936. The maximum absolute atomic E-state index is 12.3. The maximum Gasteiger partial charge on any atom is 0.289 e. The molecule has 0 bridgehead atoms. The standard InChI is InChI=1S/C19H23N3O4/c1-25-16-6-4-15(5-7-16)20-9-8-18(23)21-10-12-22(13-11-21)19(24)17-3-2-14-26-17/h2-7,14,20H,8-13H2,1H3.